The molecular formula is C16H16N4O2. The van der Waals surface area contributed by atoms with Crippen molar-refractivity contribution in [2.24, 2.45) is 7.05 Å². The van der Waals surface area contributed by atoms with Crippen LogP contribution in [0.4, 0.5) is 5.82 Å². The zero-order chi connectivity index (χ0) is 15.9. The predicted octanol–water partition coefficient (Wildman–Crippen LogP) is 1.21. The van der Waals surface area contributed by atoms with Gasteiger partial charge in [-0.15, -0.1) is 6.42 Å². The van der Waals surface area contributed by atoms with Crippen LogP contribution in [0.25, 0.3) is 0 Å². The zero-order valence-electron chi connectivity index (χ0n) is 12.4. The van der Waals surface area contributed by atoms with E-state index in [1.807, 2.05) is 6.92 Å². The third kappa shape index (κ3) is 3.31. The van der Waals surface area contributed by atoms with Gasteiger partial charge in [0.1, 0.15) is 6.26 Å². The molecule has 0 fully saturated rings. The number of carbonyl (C=O) groups is 1. The van der Waals surface area contributed by atoms with Gasteiger partial charge >= 0.3 is 0 Å². The average molecular weight is 296 g/mol. The molecule has 2 rings (SSSR count). The summed E-state index contributed by atoms with van der Waals surface area (Å²) in [5.74, 6) is 8.95. The Labute approximate surface area is 128 Å². The Bertz CT molecular complexity index is 755. The summed E-state index contributed by atoms with van der Waals surface area (Å²) in [6, 6.07) is 1.75. The number of amides is 1. The lowest BCUT2D eigenvalue weighted by Crippen LogP contribution is -2.26. The molecule has 2 aromatic rings. The fourth-order valence-corrected chi connectivity index (χ4v) is 1.84. The Kier molecular flexibility index (Phi) is 4.89. The first-order valence-corrected chi connectivity index (χ1v) is 6.73. The summed E-state index contributed by atoms with van der Waals surface area (Å²) in [5, 5.41) is 5.69. The molecule has 0 aliphatic heterocycles. The highest BCUT2D eigenvalue weighted by atomic mass is 16.3. The van der Waals surface area contributed by atoms with Crippen LogP contribution in [0.5, 0.6) is 0 Å². The highest BCUT2D eigenvalue weighted by molar-refractivity contribution is 5.97. The molecule has 2 heterocycles. The fourth-order valence-electron chi connectivity index (χ4n) is 1.84. The first kappa shape index (κ1) is 15.3. The van der Waals surface area contributed by atoms with E-state index in [0.29, 0.717) is 23.9 Å². The lowest BCUT2D eigenvalue weighted by atomic mass is 10.3. The largest absolute Gasteiger partial charge is 0.471 e. The number of imidazole rings is 1. The number of hydrogen-bond donors (Lipinski definition) is 2. The van der Waals surface area contributed by atoms with Crippen molar-refractivity contribution < 1.29 is 9.21 Å². The van der Waals surface area contributed by atoms with Crippen LogP contribution < -0.4 is 10.6 Å². The van der Waals surface area contributed by atoms with Crippen molar-refractivity contribution in [3.05, 3.63) is 35.7 Å². The van der Waals surface area contributed by atoms with Gasteiger partial charge in [0, 0.05) is 13.6 Å². The Morgan fingerprint density at radius 3 is 2.95 bits per heavy atom. The summed E-state index contributed by atoms with van der Waals surface area (Å²) in [4.78, 5) is 16.5. The molecule has 0 saturated heterocycles. The van der Waals surface area contributed by atoms with Crippen molar-refractivity contribution >= 4 is 11.7 Å². The van der Waals surface area contributed by atoms with E-state index >= 15 is 0 Å². The van der Waals surface area contributed by atoms with E-state index in [-0.39, 0.29) is 12.5 Å². The first-order valence-electron chi connectivity index (χ1n) is 6.73. The van der Waals surface area contributed by atoms with Gasteiger partial charge in [0.15, 0.2) is 17.3 Å². The second-order valence-corrected chi connectivity index (χ2v) is 4.37. The first-order chi connectivity index (χ1) is 10.7. The summed E-state index contributed by atoms with van der Waals surface area (Å²) >= 11 is 0. The van der Waals surface area contributed by atoms with E-state index in [1.165, 1.54) is 6.26 Å². The number of nitrogens with zero attached hydrogens (tertiary/aromatic N) is 2. The second-order valence-electron chi connectivity index (χ2n) is 4.37. The van der Waals surface area contributed by atoms with Crippen LogP contribution in [0.15, 0.2) is 23.0 Å². The van der Waals surface area contributed by atoms with Crippen molar-refractivity contribution in [2.75, 3.05) is 18.4 Å². The highest BCUT2D eigenvalue weighted by Crippen LogP contribution is 2.15. The number of furan rings is 1. The molecule has 0 unspecified atom stereocenters. The van der Waals surface area contributed by atoms with Gasteiger partial charge in [0.05, 0.1) is 18.4 Å². The summed E-state index contributed by atoms with van der Waals surface area (Å²) in [7, 11) is 1.73. The molecule has 0 bridgehead atoms. The molecule has 6 heteroatoms. The topological polar surface area (TPSA) is 72.1 Å². The Morgan fingerprint density at radius 1 is 1.50 bits per heavy atom. The molecule has 0 radical (unpaired) electrons. The number of carbonyl (C=O) groups excluding carboxylic acids is 1. The van der Waals surface area contributed by atoms with Gasteiger partial charge in [-0.05, 0) is 18.9 Å². The minimum Gasteiger partial charge on any atom is -0.471 e. The van der Waals surface area contributed by atoms with Crippen molar-refractivity contribution in [1.29, 1.82) is 0 Å². The minimum absolute atomic E-state index is 0.228. The van der Waals surface area contributed by atoms with Crippen molar-refractivity contribution in [1.82, 2.24) is 14.9 Å². The summed E-state index contributed by atoms with van der Waals surface area (Å²) in [5.41, 5.74) is 1.13. The number of hydrogen-bond acceptors (Lipinski definition) is 4. The number of aromatic nitrogens is 2. The maximum atomic E-state index is 12.2. The SMILES string of the molecule is C#CCNc1nc(C#Cc2ccoc2)n(C)c1C(=O)NCC. The number of rotatable bonds is 4. The molecule has 0 spiro atoms. The normalized spacial score (nSPS) is 9.50. The summed E-state index contributed by atoms with van der Waals surface area (Å²) in [6.45, 7) is 2.65. The summed E-state index contributed by atoms with van der Waals surface area (Å²) in [6.07, 6.45) is 8.33. The van der Waals surface area contributed by atoms with Gasteiger partial charge < -0.3 is 19.6 Å². The monoisotopic (exact) mass is 296 g/mol. The molecule has 6 nitrogen and oxygen atoms in total. The standard InChI is InChI=1S/C16H16N4O2/c1-4-9-18-15-14(16(21)17-5-2)20(3)13(19-15)7-6-12-8-10-22-11-12/h1,8,10-11,18H,5,9H2,2-3H3,(H,17,21). The molecule has 2 N–H and O–H groups in total. The van der Waals surface area contributed by atoms with Gasteiger partial charge in [-0.2, -0.15) is 0 Å². The molecule has 112 valence electrons. The molecule has 1 amide bonds. The Morgan fingerprint density at radius 2 is 2.32 bits per heavy atom. The molecule has 0 aliphatic carbocycles. The Hall–Kier alpha value is -3.12. The molecule has 0 saturated carbocycles. The Balaban J connectivity index is 2.39. The smallest absolute Gasteiger partial charge is 0.271 e. The molecule has 22 heavy (non-hydrogen) atoms. The number of anilines is 1. The van der Waals surface area contributed by atoms with Gasteiger partial charge in [-0.3, -0.25) is 4.79 Å². The maximum absolute atomic E-state index is 12.2. The lowest BCUT2D eigenvalue weighted by Gasteiger charge is -2.06. The maximum Gasteiger partial charge on any atom is 0.271 e. The molecule has 0 atom stereocenters. The number of terminal acetylenes is 1. The van der Waals surface area contributed by atoms with E-state index in [1.54, 1.807) is 23.9 Å². The average Bonchev–Trinajstić information content (AvgIpc) is 3.11. The van der Waals surface area contributed by atoms with Gasteiger partial charge in [0.25, 0.3) is 5.91 Å². The van der Waals surface area contributed by atoms with Crippen molar-refractivity contribution in [2.45, 2.75) is 6.92 Å². The minimum atomic E-state index is -0.228. The molecule has 0 aliphatic rings. The highest BCUT2D eigenvalue weighted by Gasteiger charge is 2.19. The van der Waals surface area contributed by atoms with E-state index in [9.17, 15) is 4.79 Å². The van der Waals surface area contributed by atoms with Crippen LogP contribution in [0, 0.1) is 24.2 Å². The summed E-state index contributed by atoms with van der Waals surface area (Å²) < 4.78 is 6.59. The quantitative estimate of drug-likeness (QED) is 0.832. The number of nitrogens with one attached hydrogen (secondary N) is 2. The van der Waals surface area contributed by atoms with E-state index in [4.69, 9.17) is 10.8 Å². The van der Waals surface area contributed by atoms with Crippen LogP contribution >= 0.6 is 0 Å². The van der Waals surface area contributed by atoms with Crippen LogP contribution in [-0.2, 0) is 7.05 Å². The van der Waals surface area contributed by atoms with Crippen LogP contribution in [-0.4, -0.2) is 28.5 Å². The molecule has 2 aromatic heterocycles. The second kappa shape index (κ2) is 7.05. The van der Waals surface area contributed by atoms with Crippen LogP contribution in [0.3, 0.4) is 0 Å². The van der Waals surface area contributed by atoms with Crippen molar-refractivity contribution in [3.8, 4) is 24.2 Å². The predicted molar refractivity (Wildman–Crippen MR) is 83.2 cm³/mol. The van der Waals surface area contributed by atoms with E-state index in [0.717, 1.165) is 5.56 Å². The third-order valence-corrected chi connectivity index (χ3v) is 2.85. The van der Waals surface area contributed by atoms with E-state index in [2.05, 4.69) is 33.4 Å². The lowest BCUT2D eigenvalue weighted by molar-refractivity contribution is 0.0948. The van der Waals surface area contributed by atoms with Crippen LogP contribution in [0.1, 0.15) is 28.8 Å². The zero-order valence-corrected chi connectivity index (χ0v) is 12.4. The van der Waals surface area contributed by atoms with Crippen LogP contribution in [0.2, 0.25) is 0 Å². The van der Waals surface area contributed by atoms with E-state index < -0.39 is 0 Å². The molecular weight excluding hydrogens is 280 g/mol. The van der Waals surface area contributed by atoms with Gasteiger partial charge in [-0.25, -0.2) is 4.98 Å². The van der Waals surface area contributed by atoms with Crippen molar-refractivity contribution in [3.63, 3.8) is 0 Å². The third-order valence-electron chi connectivity index (χ3n) is 2.85. The van der Waals surface area contributed by atoms with Gasteiger partial charge in [0.2, 0.25) is 0 Å². The fraction of sp³-hybridized carbons (Fsp3) is 0.250. The molecule has 0 aromatic carbocycles. The van der Waals surface area contributed by atoms with Gasteiger partial charge in [-0.1, -0.05) is 11.8 Å².